The summed E-state index contributed by atoms with van der Waals surface area (Å²) in [5.41, 5.74) is 0. The summed E-state index contributed by atoms with van der Waals surface area (Å²) in [6.45, 7) is 2.05. The van der Waals surface area contributed by atoms with Gasteiger partial charge >= 0.3 is 0 Å². The average molecular weight is 298 g/mol. The maximum Gasteiger partial charge on any atom is 0.147 e. The van der Waals surface area contributed by atoms with Crippen LogP contribution in [0.2, 0.25) is 0 Å². The van der Waals surface area contributed by atoms with Gasteiger partial charge < -0.3 is 0 Å². The molecule has 1 rings (SSSR count). The van der Waals surface area contributed by atoms with Crippen LogP contribution in [0.1, 0.15) is 25.7 Å². The monoisotopic (exact) mass is 297 g/mol. The fourth-order valence-corrected chi connectivity index (χ4v) is 3.45. The number of likely N-dealkylation sites (tertiary alicyclic amines) is 1. The lowest BCUT2D eigenvalue weighted by Gasteiger charge is -2.34. The highest BCUT2D eigenvalue weighted by Crippen LogP contribution is 2.18. The van der Waals surface area contributed by atoms with Crippen molar-refractivity contribution in [3.8, 4) is 0 Å². The summed E-state index contributed by atoms with van der Waals surface area (Å²) in [4.78, 5) is 2.42. The summed E-state index contributed by atoms with van der Waals surface area (Å²) >= 11 is 3.52. The molecule has 0 aliphatic carbocycles. The lowest BCUT2D eigenvalue weighted by Crippen LogP contribution is -2.41. The molecule has 0 aromatic heterocycles. The van der Waals surface area contributed by atoms with Gasteiger partial charge in [0.25, 0.3) is 0 Å². The summed E-state index contributed by atoms with van der Waals surface area (Å²) in [5.74, 6) is 0.318. The van der Waals surface area contributed by atoms with Gasteiger partial charge in [0, 0.05) is 17.6 Å². The van der Waals surface area contributed by atoms with E-state index in [9.17, 15) is 8.42 Å². The predicted octanol–water partition coefficient (Wildman–Crippen LogP) is 1.67. The fraction of sp³-hybridized carbons (Fsp3) is 1.00. The number of halogens is 1. The zero-order valence-electron chi connectivity index (χ0n) is 9.28. The van der Waals surface area contributed by atoms with Crippen molar-refractivity contribution in [2.24, 2.45) is 0 Å². The minimum Gasteiger partial charge on any atom is -0.300 e. The Bertz CT molecular complexity index is 279. The topological polar surface area (TPSA) is 37.4 Å². The zero-order valence-corrected chi connectivity index (χ0v) is 11.7. The molecule has 0 spiro atoms. The van der Waals surface area contributed by atoms with Crippen LogP contribution in [0.4, 0.5) is 0 Å². The first-order valence-corrected chi connectivity index (χ1v) is 8.69. The lowest BCUT2D eigenvalue weighted by atomic mass is 10.0. The van der Waals surface area contributed by atoms with Gasteiger partial charge in [0.15, 0.2) is 0 Å². The Morgan fingerprint density at radius 1 is 1.40 bits per heavy atom. The second-order valence-electron chi connectivity index (χ2n) is 4.32. The van der Waals surface area contributed by atoms with Crippen LogP contribution in [0.5, 0.6) is 0 Å². The summed E-state index contributed by atoms with van der Waals surface area (Å²) < 4.78 is 22.0. The highest BCUT2D eigenvalue weighted by Gasteiger charge is 2.20. The first-order valence-electron chi connectivity index (χ1n) is 5.50. The molecule has 15 heavy (non-hydrogen) atoms. The molecule has 0 aromatic rings. The third-order valence-corrected chi connectivity index (χ3v) is 4.67. The van der Waals surface area contributed by atoms with Crippen molar-refractivity contribution in [2.75, 3.05) is 30.4 Å². The summed E-state index contributed by atoms with van der Waals surface area (Å²) in [6.07, 6.45) is 5.87. The van der Waals surface area contributed by atoms with Gasteiger partial charge in [-0.3, -0.25) is 4.90 Å². The number of piperidine rings is 1. The van der Waals surface area contributed by atoms with Crippen LogP contribution >= 0.6 is 15.9 Å². The number of alkyl halides is 1. The molecular formula is C10H20BrNO2S. The van der Waals surface area contributed by atoms with E-state index in [1.807, 2.05) is 0 Å². The van der Waals surface area contributed by atoms with E-state index in [1.165, 1.54) is 25.5 Å². The molecule has 90 valence electrons. The van der Waals surface area contributed by atoms with Gasteiger partial charge in [-0.15, -0.1) is 0 Å². The molecule has 0 radical (unpaired) electrons. The normalized spacial score (nSPS) is 24.3. The van der Waals surface area contributed by atoms with Gasteiger partial charge in [-0.25, -0.2) is 8.42 Å². The first kappa shape index (κ1) is 13.5. The third-order valence-electron chi connectivity index (χ3n) is 2.89. The molecule has 0 bridgehead atoms. The minimum atomic E-state index is -2.79. The maximum atomic E-state index is 11.0. The molecule has 1 atom stereocenters. The second-order valence-corrected chi connectivity index (χ2v) is 7.23. The van der Waals surface area contributed by atoms with Crippen LogP contribution in [-0.2, 0) is 9.84 Å². The molecule has 1 heterocycles. The SMILES string of the molecule is CS(=O)(=O)CCCN1CCCCC1CBr. The molecule has 0 aromatic carbocycles. The predicted molar refractivity (Wildman–Crippen MR) is 67.3 cm³/mol. The molecule has 1 unspecified atom stereocenters. The molecule has 5 heteroatoms. The Morgan fingerprint density at radius 2 is 2.13 bits per heavy atom. The fourth-order valence-electron chi connectivity index (χ4n) is 2.06. The number of hydrogen-bond donors (Lipinski definition) is 0. The molecular weight excluding hydrogens is 278 g/mol. The third kappa shape index (κ3) is 5.31. The van der Waals surface area contributed by atoms with Gasteiger partial charge in [0.1, 0.15) is 9.84 Å². The van der Waals surface area contributed by atoms with Crippen molar-refractivity contribution >= 4 is 25.8 Å². The molecule has 0 saturated carbocycles. The summed E-state index contributed by atoms with van der Waals surface area (Å²) in [7, 11) is -2.79. The van der Waals surface area contributed by atoms with E-state index in [0.717, 1.165) is 24.8 Å². The van der Waals surface area contributed by atoms with Crippen LogP contribution in [0, 0.1) is 0 Å². The van der Waals surface area contributed by atoms with Gasteiger partial charge in [0.2, 0.25) is 0 Å². The number of nitrogens with zero attached hydrogens (tertiary/aromatic N) is 1. The minimum absolute atomic E-state index is 0.318. The van der Waals surface area contributed by atoms with Crippen LogP contribution < -0.4 is 0 Å². The standard InChI is InChI=1S/C10H20BrNO2S/c1-15(13,14)8-4-7-12-6-3-2-5-10(12)9-11/h10H,2-9H2,1H3. The van der Waals surface area contributed by atoms with E-state index >= 15 is 0 Å². The highest BCUT2D eigenvalue weighted by atomic mass is 79.9. The first-order chi connectivity index (χ1) is 7.03. The Balaban J connectivity index is 2.29. The largest absolute Gasteiger partial charge is 0.300 e. The summed E-state index contributed by atoms with van der Waals surface area (Å²) in [6, 6.07) is 0.610. The van der Waals surface area contributed by atoms with Crippen LogP contribution in [0.3, 0.4) is 0 Å². The van der Waals surface area contributed by atoms with E-state index < -0.39 is 9.84 Å². The van der Waals surface area contributed by atoms with Gasteiger partial charge in [-0.1, -0.05) is 22.4 Å². The smallest absolute Gasteiger partial charge is 0.147 e. The number of rotatable bonds is 5. The van der Waals surface area contributed by atoms with Gasteiger partial charge in [0.05, 0.1) is 5.75 Å². The molecule has 1 aliphatic rings. The van der Waals surface area contributed by atoms with Crippen molar-refractivity contribution in [3.05, 3.63) is 0 Å². The molecule has 1 saturated heterocycles. The van der Waals surface area contributed by atoms with Crippen molar-refractivity contribution in [3.63, 3.8) is 0 Å². The molecule has 0 amide bonds. The lowest BCUT2D eigenvalue weighted by molar-refractivity contribution is 0.165. The summed E-state index contributed by atoms with van der Waals surface area (Å²) in [5, 5.41) is 1.01. The highest BCUT2D eigenvalue weighted by molar-refractivity contribution is 9.09. The molecule has 1 aliphatic heterocycles. The zero-order chi connectivity index (χ0) is 11.3. The molecule has 0 N–H and O–H groups in total. The van der Waals surface area contributed by atoms with Gasteiger partial charge in [-0.2, -0.15) is 0 Å². The average Bonchev–Trinajstić information content (AvgIpc) is 2.16. The van der Waals surface area contributed by atoms with Gasteiger partial charge in [-0.05, 0) is 32.4 Å². The Morgan fingerprint density at radius 3 is 2.73 bits per heavy atom. The Labute approximate surface area is 101 Å². The van der Waals surface area contributed by atoms with E-state index in [4.69, 9.17) is 0 Å². The molecule has 3 nitrogen and oxygen atoms in total. The Hall–Kier alpha value is 0.390. The molecule has 1 fully saturated rings. The van der Waals surface area contributed by atoms with Crippen molar-refractivity contribution in [1.29, 1.82) is 0 Å². The van der Waals surface area contributed by atoms with Crippen molar-refractivity contribution < 1.29 is 8.42 Å². The second kappa shape index (κ2) is 6.21. The van der Waals surface area contributed by atoms with Crippen LogP contribution in [0.15, 0.2) is 0 Å². The van der Waals surface area contributed by atoms with Crippen molar-refractivity contribution in [2.45, 2.75) is 31.7 Å². The number of sulfone groups is 1. The Kier molecular flexibility index (Phi) is 5.57. The van der Waals surface area contributed by atoms with E-state index in [0.29, 0.717) is 11.8 Å². The van der Waals surface area contributed by atoms with E-state index in [1.54, 1.807) is 0 Å². The van der Waals surface area contributed by atoms with Crippen molar-refractivity contribution in [1.82, 2.24) is 4.90 Å². The van der Waals surface area contributed by atoms with Crippen LogP contribution in [-0.4, -0.2) is 49.8 Å². The number of hydrogen-bond acceptors (Lipinski definition) is 3. The maximum absolute atomic E-state index is 11.0. The van der Waals surface area contributed by atoms with E-state index in [-0.39, 0.29) is 0 Å². The quantitative estimate of drug-likeness (QED) is 0.725. The van der Waals surface area contributed by atoms with Crippen LogP contribution in [0.25, 0.3) is 0 Å². The van der Waals surface area contributed by atoms with E-state index in [2.05, 4.69) is 20.8 Å².